The third-order valence-corrected chi connectivity index (χ3v) is 3.84. The van der Waals surface area contributed by atoms with Gasteiger partial charge in [-0.2, -0.15) is 0 Å². The maximum Gasteiger partial charge on any atom is 0.224 e. The molecule has 0 aromatic heterocycles. The molecule has 3 heteroatoms. The molecule has 1 heterocycles. The van der Waals surface area contributed by atoms with Gasteiger partial charge in [0.2, 0.25) is 5.91 Å². The Kier molecular flexibility index (Phi) is 3.88. The van der Waals surface area contributed by atoms with E-state index in [1.165, 1.54) is 6.92 Å². The number of hydrogen-bond acceptors (Lipinski definition) is 2. The molecule has 0 saturated heterocycles. The monoisotopic (exact) mass is 291 g/mol. The molecule has 1 aliphatic heterocycles. The number of anilines is 1. The first-order valence-corrected chi connectivity index (χ1v) is 7.32. The van der Waals surface area contributed by atoms with Gasteiger partial charge in [0.25, 0.3) is 0 Å². The van der Waals surface area contributed by atoms with E-state index in [2.05, 4.69) is 0 Å². The predicted molar refractivity (Wildman–Crippen MR) is 87.8 cm³/mol. The number of nitrogens with zero attached hydrogens (tertiary/aromatic N) is 1. The first-order chi connectivity index (χ1) is 10.7. The second kappa shape index (κ2) is 5.98. The number of fused-ring (bicyclic) bond motifs is 1. The quantitative estimate of drug-likeness (QED) is 0.846. The van der Waals surface area contributed by atoms with E-state index in [-0.39, 0.29) is 17.7 Å². The molecule has 1 amide bonds. The molecule has 0 radical (unpaired) electrons. The maximum absolute atomic E-state index is 12.3. The molecule has 110 valence electrons. The van der Waals surface area contributed by atoms with Gasteiger partial charge in [-0.1, -0.05) is 54.6 Å². The smallest absolute Gasteiger partial charge is 0.224 e. The highest BCUT2D eigenvalue weighted by atomic mass is 16.2. The maximum atomic E-state index is 12.3. The number of amides is 1. The SMILES string of the molecule is CC(=O)N1c2ccccc2C(=O)CC1C=Cc1ccccc1. The Balaban J connectivity index is 1.96. The Morgan fingerprint density at radius 3 is 2.50 bits per heavy atom. The second-order valence-electron chi connectivity index (χ2n) is 5.37. The van der Waals surface area contributed by atoms with Crippen molar-refractivity contribution in [1.29, 1.82) is 0 Å². The molecular formula is C19H17NO2. The molecule has 0 aliphatic carbocycles. The van der Waals surface area contributed by atoms with Gasteiger partial charge in [0, 0.05) is 18.9 Å². The van der Waals surface area contributed by atoms with Crippen molar-refractivity contribution in [3.05, 3.63) is 71.8 Å². The molecule has 3 rings (SSSR count). The van der Waals surface area contributed by atoms with Gasteiger partial charge < -0.3 is 4.90 Å². The van der Waals surface area contributed by atoms with Crippen LogP contribution in [0.4, 0.5) is 5.69 Å². The van der Waals surface area contributed by atoms with Crippen LogP contribution >= 0.6 is 0 Å². The third kappa shape index (κ3) is 2.70. The number of carbonyl (C=O) groups is 2. The van der Waals surface area contributed by atoms with Crippen molar-refractivity contribution in [3.8, 4) is 0 Å². The summed E-state index contributed by atoms with van der Waals surface area (Å²) in [6.07, 6.45) is 4.21. The summed E-state index contributed by atoms with van der Waals surface area (Å²) in [7, 11) is 0. The molecular weight excluding hydrogens is 274 g/mol. The average molecular weight is 291 g/mol. The Bertz CT molecular complexity index is 734. The fourth-order valence-corrected chi connectivity index (χ4v) is 2.83. The molecule has 2 aromatic rings. The summed E-state index contributed by atoms with van der Waals surface area (Å²) in [5.41, 5.74) is 2.38. The number of carbonyl (C=O) groups excluding carboxylic acids is 2. The van der Waals surface area contributed by atoms with Crippen LogP contribution in [-0.4, -0.2) is 17.7 Å². The van der Waals surface area contributed by atoms with Crippen molar-refractivity contribution in [3.63, 3.8) is 0 Å². The summed E-state index contributed by atoms with van der Waals surface area (Å²) < 4.78 is 0. The Morgan fingerprint density at radius 1 is 1.09 bits per heavy atom. The van der Waals surface area contributed by atoms with Gasteiger partial charge in [-0.05, 0) is 17.7 Å². The number of para-hydroxylation sites is 1. The predicted octanol–water partition coefficient (Wildman–Crippen LogP) is 3.71. The third-order valence-electron chi connectivity index (χ3n) is 3.84. The van der Waals surface area contributed by atoms with E-state index in [1.54, 1.807) is 11.0 Å². The van der Waals surface area contributed by atoms with E-state index >= 15 is 0 Å². The lowest BCUT2D eigenvalue weighted by Crippen LogP contribution is -2.43. The van der Waals surface area contributed by atoms with Crippen LogP contribution in [0.15, 0.2) is 60.7 Å². The van der Waals surface area contributed by atoms with E-state index in [0.717, 1.165) is 5.56 Å². The summed E-state index contributed by atoms with van der Waals surface area (Å²) in [5, 5.41) is 0. The van der Waals surface area contributed by atoms with Crippen molar-refractivity contribution >= 4 is 23.5 Å². The van der Waals surface area contributed by atoms with Crippen LogP contribution < -0.4 is 4.90 Å². The largest absolute Gasteiger partial charge is 0.305 e. The van der Waals surface area contributed by atoms with E-state index in [9.17, 15) is 9.59 Å². The van der Waals surface area contributed by atoms with Crippen LogP contribution in [0.1, 0.15) is 29.3 Å². The molecule has 0 spiro atoms. The highest BCUT2D eigenvalue weighted by Crippen LogP contribution is 2.31. The highest BCUT2D eigenvalue weighted by molar-refractivity contribution is 6.09. The average Bonchev–Trinajstić information content (AvgIpc) is 2.53. The van der Waals surface area contributed by atoms with Crippen LogP contribution in [0.5, 0.6) is 0 Å². The number of benzene rings is 2. The molecule has 0 bridgehead atoms. The zero-order chi connectivity index (χ0) is 15.5. The summed E-state index contributed by atoms with van der Waals surface area (Å²) in [4.78, 5) is 26.1. The molecule has 1 unspecified atom stereocenters. The lowest BCUT2D eigenvalue weighted by atomic mass is 9.93. The molecule has 3 nitrogen and oxygen atoms in total. The van der Waals surface area contributed by atoms with Crippen molar-refractivity contribution in [2.24, 2.45) is 0 Å². The number of hydrogen-bond donors (Lipinski definition) is 0. The van der Waals surface area contributed by atoms with Crippen molar-refractivity contribution in [1.82, 2.24) is 0 Å². The van der Waals surface area contributed by atoms with Crippen LogP contribution in [0, 0.1) is 0 Å². The van der Waals surface area contributed by atoms with Crippen LogP contribution in [0.25, 0.3) is 6.08 Å². The first-order valence-electron chi connectivity index (χ1n) is 7.32. The Hall–Kier alpha value is -2.68. The molecule has 0 saturated carbocycles. The lowest BCUT2D eigenvalue weighted by molar-refractivity contribution is -0.116. The fraction of sp³-hybridized carbons (Fsp3) is 0.158. The van der Waals surface area contributed by atoms with Gasteiger partial charge in [-0.25, -0.2) is 0 Å². The standard InChI is InChI=1S/C19H17NO2/c1-14(21)20-16(12-11-15-7-3-2-4-8-15)13-19(22)17-9-5-6-10-18(17)20/h2-12,16H,13H2,1H3. The van der Waals surface area contributed by atoms with E-state index in [1.807, 2.05) is 60.7 Å². The van der Waals surface area contributed by atoms with Gasteiger partial charge >= 0.3 is 0 Å². The molecule has 1 aliphatic rings. The Morgan fingerprint density at radius 2 is 1.77 bits per heavy atom. The summed E-state index contributed by atoms with van der Waals surface area (Å²) in [5.74, 6) is 0.0264. The second-order valence-corrected chi connectivity index (χ2v) is 5.37. The molecule has 2 aromatic carbocycles. The zero-order valence-corrected chi connectivity index (χ0v) is 12.4. The normalized spacial score (nSPS) is 17.6. The van der Waals surface area contributed by atoms with Gasteiger partial charge in [0.05, 0.1) is 11.7 Å². The minimum atomic E-state index is -0.236. The van der Waals surface area contributed by atoms with Crippen molar-refractivity contribution in [2.75, 3.05) is 4.90 Å². The van der Waals surface area contributed by atoms with E-state index in [0.29, 0.717) is 17.7 Å². The number of rotatable bonds is 2. The van der Waals surface area contributed by atoms with E-state index < -0.39 is 0 Å². The van der Waals surface area contributed by atoms with Crippen LogP contribution in [0.2, 0.25) is 0 Å². The minimum Gasteiger partial charge on any atom is -0.305 e. The number of Topliss-reactive ketones (excluding diaryl/α,β-unsaturated/α-hetero) is 1. The van der Waals surface area contributed by atoms with Gasteiger partial charge in [0.1, 0.15) is 0 Å². The highest BCUT2D eigenvalue weighted by Gasteiger charge is 2.31. The van der Waals surface area contributed by atoms with Gasteiger partial charge in [-0.15, -0.1) is 0 Å². The Labute approximate surface area is 129 Å². The van der Waals surface area contributed by atoms with E-state index in [4.69, 9.17) is 0 Å². The molecule has 1 atom stereocenters. The van der Waals surface area contributed by atoms with Crippen molar-refractivity contribution in [2.45, 2.75) is 19.4 Å². The summed E-state index contributed by atoms with van der Waals surface area (Å²) in [6, 6.07) is 16.9. The van der Waals surface area contributed by atoms with Gasteiger partial charge in [0.15, 0.2) is 5.78 Å². The van der Waals surface area contributed by atoms with Crippen LogP contribution in [-0.2, 0) is 4.79 Å². The van der Waals surface area contributed by atoms with Crippen molar-refractivity contribution < 1.29 is 9.59 Å². The molecule has 0 fully saturated rings. The first kappa shape index (κ1) is 14.3. The zero-order valence-electron chi connectivity index (χ0n) is 12.4. The fourth-order valence-electron chi connectivity index (χ4n) is 2.83. The summed E-state index contributed by atoms with van der Waals surface area (Å²) in [6.45, 7) is 1.54. The molecule has 0 N–H and O–H groups in total. The lowest BCUT2D eigenvalue weighted by Gasteiger charge is -2.34. The number of ketones is 1. The minimum absolute atomic E-state index is 0.0531. The summed E-state index contributed by atoms with van der Waals surface area (Å²) >= 11 is 0. The van der Waals surface area contributed by atoms with Crippen LogP contribution in [0.3, 0.4) is 0 Å². The topological polar surface area (TPSA) is 37.4 Å². The van der Waals surface area contributed by atoms with Gasteiger partial charge in [-0.3, -0.25) is 9.59 Å². The molecule has 22 heavy (non-hydrogen) atoms.